The lowest BCUT2D eigenvalue weighted by Gasteiger charge is -2.16. The summed E-state index contributed by atoms with van der Waals surface area (Å²) in [5.41, 5.74) is 7.29. The van der Waals surface area contributed by atoms with Crippen molar-refractivity contribution in [1.29, 1.82) is 0 Å². The largest absolute Gasteiger partial charge is 0.396 e. The van der Waals surface area contributed by atoms with Crippen LogP contribution < -0.4 is 11.1 Å². The van der Waals surface area contributed by atoms with Gasteiger partial charge in [-0.05, 0) is 43.4 Å². The number of hydrogen-bond donors (Lipinski definition) is 3. The van der Waals surface area contributed by atoms with Crippen LogP contribution in [-0.2, 0) is 0 Å². The Morgan fingerprint density at radius 3 is 2.85 bits per heavy atom. The summed E-state index contributed by atoms with van der Waals surface area (Å²) in [6, 6.07) is 5.76. The number of nitrogens with one attached hydrogen (secondary N) is 1. The van der Waals surface area contributed by atoms with Crippen LogP contribution in [0.25, 0.3) is 20.8 Å². The number of aliphatic hydroxyl groups is 1. The van der Waals surface area contributed by atoms with Gasteiger partial charge in [0.1, 0.15) is 16.0 Å². The molecule has 9 heteroatoms. The molecule has 0 amide bonds. The van der Waals surface area contributed by atoms with E-state index in [2.05, 4.69) is 20.3 Å². The molecule has 2 atom stereocenters. The zero-order valence-corrected chi connectivity index (χ0v) is 16.1. The van der Waals surface area contributed by atoms with Crippen molar-refractivity contribution in [3.8, 4) is 10.6 Å². The lowest BCUT2D eigenvalue weighted by Crippen LogP contribution is -2.18. The molecule has 1 aliphatic carbocycles. The number of hydrogen-bond acceptors (Lipinski definition) is 7. The molecule has 0 bridgehead atoms. The fourth-order valence-corrected chi connectivity index (χ4v) is 4.92. The summed E-state index contributed by atoms with van der Waals surface area (Å²) >= 11 is 14.0. The Bertz CT molecular complexity index is 964. The molecule has 0 aliphatic heterocycles. The summed E-state index contributed by atoms with van der Waals surface area (Å²) in [5.74, 6) is 1.01. The van der Waals surface area contributed by atoms with Crippen molar-refractivity contribution in [2.24, 2.45) is 5.92 Å². The summed E-state index contributed by atoms with van der Waals surface area (Å²) < 4.78 is 0.965. The molecule has 136 valence electrons. The van der Waals surface area contributed by atoms with Crippen molar-refractivity contribution in [3.63, 3.8) is 0 Å². The minimum Gasteiger partial charge on any atom is -0.396 e. The number of anilines is 2. The second-order valence-corrected chi connectivity index (χ2v) is 8.26. The smallest absolute Gasteiger partial charge is 0.223 e. The Morgan fingerprint density at radius 2 is 2.08 bits per heavy atom. The molecule has 3 aromatic rings. The van der Waals surface area contributed by atoms with Gasteiger partial charge < -0.3 is 16.2 Å². The molecule has 1 aromatic carbocycles. The van der Waals surface area contributed by atoms with E-state index in [4.69, 9.17) is 28.9 Å². The predicted molar refractivity (Wildman–Crippen MR) is 107 cm³/mol. The number of aromatic nitrogens is 3. The number of halogens is 2. The molecule has 26 heavy (non-hydrogen) atoms. The fourth-order valence-electron chi connectivity index (χ4n) is 3.31. The van der Waals surface area contributed by atoms with Crippen LogP contribution >= 0.6 is 34.5 Å². The molecule has 2 aromatic heterocycles. The first-order valence-corrected chi connectivity index (χ1v) is 9.87. The van der Waals surface area contributed by atoms with Gasteiger partial charge in [0, 0.05) is 17.7 Å². The van der Waals surface area contributed by atoms with E-state index in [1.54, 1.807) is 6.07 Å². The average molecular weight is 410 g/mol. The molecule has 0 spiro atoms. The maximum Gasteiger partial charge on any atom is 0.223 e. The molecule has 2 heterocycles. The van der Waals surface area contributed by atoms with E-state index in [9.17, 15) is 5.11 Å². The van der Waals surface area contributed by atoms with Crippen molar-refractivity contribution in [2.45, 2.75) is 25.3 Å². The van der Waals surface area contributed by atoms with Crippen molar-refractivity contribution < 1.29 is 5.11 Å². The van der Waals surface area contributed by atoms with Crippen LogP contribution in [0.4, 0.5) is 11.8 Å². The third kappa shape index (κ3) is 3.44. The minimum absolute atomic E-state index is 0.113. The average Bonchev–Trinajstić information content (AvgIpc) is 3.20. The Labute approximate surface area is 164 Å². The summed E-state index contributed by atoms with van der Waals surface area (Å²) in [7, 11) is 0. The number of aliphatic hydroxyl groups excluding tert-OH is 1. The van der Waals surface area contributed by atoms with Gasteiger partial charge in [0.05, 0.1) is 15.8 Å². The second kappa shape index (κ2) is 7.15. The van der Waals surface area contributed by atoms with E-state index >= 15 is 0 Å². The van der Waals surface area contributed by atoms with Crippen LogP contribution in [0.1, 0.15) is 19.3 Å². The zero-order chi connectivity index (χ0) is 18.3. The van der Waals surface area contributed by atoms with Gasteiger partial charge in [0.15, 0.2) is 0 Å². The van der Waals surface area contributed by atoms with E-state index in [1.165, 1.54) is 11.3 Å². The molecule has 0 saturated heterocycles. The molecule has 1 fully saturated rings. The number of thiazole rings is 1. The van der Waals surface area contributed by atoms with Crippen LogP contribution in [0.2, 0.25) is 10.2 Å². The van der Waals surface area contributed by atoms with Crippen LogP contribution in [0.3, 0.4) is 0 Å². The Balaban J connectivity index is 1.74. The van der Waals surface area contributed by atoms with Gasteiger partial charge in [0.2, 0.25) is 5.95 Å². The number of nitrogen functional groups attached to an aromatic ring is 1. The number of benzene rings is 1. The first-order chi connectivity index (χ1) is 12.5. The van der Waals surface area contributed by atoms with Gasteiger partial charge in [-0.15, -0.1) is 11.3 Å². The summed E-state index contributed by atoms with van der Waals surface area (Å²) in [4.78, 5) is 13.1. The molecule has 1 saturated carbocycles. The minimum atomic E-state index is 0.113. The fraction of sp³-hybridized carbons (Fsp3) is 0.353. The standard InChI is InChI=1S/C17H17Cl2N5OS/c18-9-2-4-11-12(6-9)26-16(22-11)13-14(19)23-17(20)24-15(13)21-10-3-1-8(5-10)7-25/h2,4,6,8,10,25H,1,3,5,7H2,(H3,20,21,23,24)/t8-,10+/m1/s1. The van der Waals surface area contributed by atoms with E-state index in [-0.39, 0.29) is 23.8 Å². The highest BCUT2D eigenvalue weighted by atomic mass is 35.5. The Kier molecular flexibility index (Phi) is 4.88. The van der Waals surface area contributed by atoms with Crippen LogP contribution in [-0.4, -0.2) is 32.7 Å². The summed E-state index contributed by atoms with van der Waals surface area (Å²) in [6.07, 6.45) is 2.83. The molecular formula is C17H17Cl2N5OS. The highest BCUT2D eigenvalue weighted by Crippen LogP contribution is 2.40. The number of rotatable bonds is 4. The second-order valence-electron chi connectivity index (χ2n) is 6.43. The van der Waals surface area contributed by atoms with Gasteiger partial charge in [-0.2, -0.15) is 4.98 Å². The Morgan fingerprint density at radius 1 is 1.23 bits per heavy atom. The van der Waals surface area contributed by atoms with Crippen LogP contribution in [0.5, 0.6) is 0 Å². The molecule has 4 N–H and O–H groups in total. The number of nitrogens with zero attached hydrogens (tertiary/aromatic N) is 3. The van der Waals surface area contributed by atoms with Crippen molar-refractivity contribution >= 4 is 56.5 Å². The molecular weight excluding hydrogens is 393 g/mol. The third-order valence-corrected chi connectivity index (χ3v) is 6.13. The lowest BCUT2D eigenvalue weighted by atomic mass is 10.1. The van der Waals surface area contributed by atoms with E-state index in [1.807, 2.05) is 12.1 Å². The maximum absolute atomic E-state index is 9.36. The van der Waals surface area contributed by atoms with Crippen molar-refractivity contribution in [3.05, 3.63) is 28.4 Å². The Hall–Kier alpha value is -1.67. The van der Waals surface area contributed by atoms with Crippen LogP contribution in [0.15, 0.2) is 18.2 Å². The quantitative estimate of drug-likeness (QED) is 0.558. The van der Waals surface area contributed by atoms with E-state index < -0.39 is 0 Å². The van der Waals surface area contributed by atoms with Gasteiger partial charge in [-0.25, -0.2) is 9.97 Å². The molecule has 0 radical (unpaired) electrons. The normalized spacial score (nSPS) is 20.0. The number of fused-ring (bicyclic) bond motifs is 1. The first kappa shape index (κ1) is 17.7. The molecule has 6 nitrogen and oxygen atoms in total. The molecule has 4 rings (SSSR count). The summed E-state index contributed by atoms with van der Waals surface area (Å²) in [5, 5.41) is 14.4. The monoisotopic (exact) mass is 409 g/mol. The topological polar surface area (TPSA) is 97.0 Å². The molecule has 1 aliphatic rings. The predicted octanol–water partition coefficient (Wildman–Crippen LogP) is 4.22. The zero-order valence-electron chi connectivity index (χ0n) is 13.7. The van der Waals surface area contributed by atoms with Crippen molar-refractivity contribution in [1.82, 2.24) is 15.0 Å². The lowest BCUT2D eigenvalue weighted by molar-refractivity contribution is 0.229. The summed E-state index contributed by atoms with van der Waals surface area (Å²) in [6.45, 7) is 0.205. The van der Waals surface area contributed by atoms with Crippen LogP contribution in [0, 0.1) is 5.92 Å². The van der Waals surface area contributed by atoms with Gasteiger partial charge in [-0.3, -0.25) is 0 Å². The SMILES string of the molecule is Nc1nc(Cl)c(-c2nc3ccc(Cl)cc3s2)c(N[C@H]2CC[C@@H](CO)C2)n1. The van der Waals surface area contributed by atoms with E-state index in [0.717, 1.165) is 29.5 Å². The van der Waals surface area contributed by atoms with E-state index in [0.29, 0.717) is 27.3 Å². The molecule has 0 unspecified atom stereocenters. The number of nitrogens with two attached hydrogens (primary N) is 1. The van der Waals surface area contributed by atoms with Gasteiger partial charge in [0.25, 0.3) is 0 Å². The van der Waals surface area contributed by atoms with Gasteiger partial charge >= 0.3 is 0 Å². The maximum atomic E-state index is 9.36. The first-order valence-electron chi connectivity index (χ1n) is 8.30. The third-order valence-electron chi connectivity index (χ3n) is 4.59. The highest BCUT2D eigenvalue weighted by molar-refractivity contribution is 7.21. The van der Waals surface area contributed by atoms with Gasteiger partial charge in [-0.1, -0.05) is 23.2 Å². The highest BCUT2D eigenvalue weighted by Gasteiger charge is 2.26. The van der Waals surface area contributed by atoms with Crippen molar-refractivity contribution in [2.75, 3.05) is 17.7 Å².